The molecule has 104 valence electrons. The van der Waals surface area contributed by atoms with Gasteiger partial charge in [-0.1, -0.05) is 36.4 Å². The van der Waals surface area contributed by atoms with Crippen LogP contribution >= 0.6 is 0 Å². The third-order valence-corrected chi connectivity index (χ3v) is 4.35. The van der Waals surface area contributed by atoms with Crippen LogP contribution in [0.25, 0.3) is 0 Å². The van der Waals surface area contributed by atoms with Crippen molar-refractivity contribution in [2.45, 2.75) is 31.2 Å². The molecular weight excluding hydrogens is 246 g/mol. The average Bonchev–Trinajstić information content (AvgIpc) is 2.67. The molecule has 0 saturated heterocycles. The predicted octanol–water partition coefficient (Wildman–Crippen LogP) is 3.82. The number of hydrogen-bond donors (Lipinski definition) is 1. The molecule has 0 bridgehead atoms. The minimum absolute atomic E-state index is 0.0853. The maximum Gasteiger partial charge on any atom is 0.118 e. The molecule has 0 spiro atoms. The Morgan fingerprint density at radius 2 is 1.80 bits per heavy atom. The van der Waals surface area contributed by atoms with Crippen LogP contribution in [0.5, 0.6) is 5.75 Å². The molecule has 0 aromatic heterocycles. The van der Waals surface area contributed by atoms with E-state index in [2.05, 4.69) is 36.4 Å². The van der Waals surface area contributed by atoms with Crippen molar-refractivity contribution in [2.75, 3.05) is 7.11 Å². The van der Waals surface area contributed by atoms with E-state index in [0.717, 1.165) is 18.6 Å². The molecule has 0 heterocycles. The molecule has 0 aliphatic heterocycles. The summed E-state index contributed by atoms with van der Waals surface area (Å²) in [6.45, 7) is 0. The third kappa shape index (κ3) is 2.44. The number of aryl methyl sites for hydroxylation is 1. The maximum atomic E-state index is 6.56. The molecule has 3 rings (SSSR count). The lowest BCUT2D eigenvalue weighted by Gasteiger charge is -2.23. The zero-order valence-electron chi connectivity index (χ0n) is 11.9. The Morgan fingerprint density at radius 1 is 1.05 bits per heavy atom. The predicted molar refractivity (Wildman–Crippen MR) is 82.0 cm³/mol. The van der Waals surface area contributed by atoms with Crippen molar-refractivity contribution in [3.8, 4) is 5.75 Å². The van der Waals surface area contributed by atoms with Crippen LogP contribution in [0.3, 0.4) is 0 Å². The molecule has 0 radical (unpaired) electrons. The van der Waals surface area contributed by atoms with Gasteiger partial charge in [0.2, 0.25) is 0 Å². The number of benzene rings is 2. The van der Waals surface area contributed by atoms with Crippen LogP contribution < -0.4 is 10.5 Å². The summed E-state index contributed by atoms with van der Waals surface area (Å²) in [5.74, 6) is 1.29. The molecule has 1 aliphatic carbocycles. The lowest BCUT2D eigenvalue weighted by molar-refractivity contribution is 0.414. The van der Waals surface area contributed by atoms with Crippen molar-refractivity contribution in [1.82, 2.24) is 0 Å². The quantitative estimate of drug-likeness (QED) is 0.840. The summed E-state index contributed by atoms with van der Waals surface area (Å²) in [6.07, 6.45) is 3.47. The Morgan fingerprint density at radius 3 is 2.55 bits per heavy atom. The van der Waals surface area contributed by atoms with Crippen LogP contribution in [0.4, 0.5) is 0 Å². The first-order valence-corrected chi connectivity index (χ1v) is 7.27. The number of nitrogens with two attached hydrogens (primary N) is 1. The van der Waals surface area contributed by atoms with Crippen LogP contribution in [0, 0.1) is 0 Å². The Labute approximate surface area is 120 Å². The van der Waals surface area contributed by atoms with Gasteiger partial charge < -0.3 is 10.5 Å². The van der Waals surface area contributed by atoms with Gasteiger partial charge in [-0.15, -0.1) is 0 Å². The monoisotopic (exact) mass is 267 g/mol. The maximum absolute atomic E-state index is 6.56. The first-order chi connectivity index (χ1) is 9.79. The zero-order valence-corrected chi connectivity index (χ0v) is 11.9. The first kappa shape index (κ1) is 13.2. The smallest absolute Gasteiger partial charge is 0.118 e. The highest BCUT2D eigenvalue weighted by atomic mass is 16.5. The van der Waals surface area contributed by atoms with Crippen molar-refractivity contribution < 1.29 is 4.74 Å². The van der Waals surface area contributed by atoms with Gasteiger partial charge in [-0.05, 0) is 48.1 Å². The fraction of sp³-hybridized carbons (Fsp3) is 0.333. The number of ether oxygens (including phenoxy) is 1. The molecule has 1 aliphatic rings. The molecule has 2 atom stereocenters. The van der Waals surface area contributed by atoms with Crippen LogP contribution in [0.1, 0.15) is 41.5 Å². The minimum atomic E-state index is 0.0853. The van der Waals surface area contributed by atoms with Crippen molar-refractivity contribution in [2.24, 2.45) is 5.73 Å². The van der Waals surface area contributed by atoms with E-state index in [1.807, 2.05) is 12.1 Å². The molecule has 2 N–H and O–H groups in total. The summed E-state index contributed by atoms with van der Waals surface area (Å²) in [4.78, 5) is 0. The number of rotatable bonds is 2. The second-order valence-corrected chi connectivity index (χ2v) is 5.50. The number of methoxy groups -OCH3 is 1. The molecule has 0 fully saturated rings. The van der Waals surface area contributed by atoms with Gasteiger partial charge >= 0.3 is 0 Å². The Balaban J connectivity index is 1.93. The first-order valence-electron chi connectivity index (χ1n) is 7.27. The molecule has 2 aromatic carbocycles. The Bertz CT molecular complexity index is 576. The topological polar surface area (TPSA) is 35.2 Å². The molecule has 0 unspecified atom stereocenters. The van der Waals surface area contributed by atoms with E-state index < -0.39 is 0 Å². The Kier molecular flexibility index (Phi) is 3.75. The van der Waals surface area contributed by atoms with E-state index in [1.54, 1.807) is 7.11 Å². The van der Waals surface area contributed by atoms with Gasteiger partial charge in [0.25, 0.3) is 0 Å². The third-order valence-electron chi connectivity index (χ3n) is 4.35. The minimum Gasteiger partial charge on any atom is -0.497 e. The SMILES string of the molecule is COc1ccc([C@H]2CCCc3ccccc3[C@@H]2N)cc1. The molecule has 0 saturated carbocycles. The van der Waals surface area contributed by atoms with E-state index >= 15 is 0 Å². The highest BCUT2D eigenvalue weighted by Crippen LogP contribution is 2.38. The lowest BCUT2D eigenvalue weighted by atomic mass is 9.86. The van der Waals surface area contributed by atoms with Gasteiger partial charge in [-0.25, -0.2) is 0 Å². The van der Waals surface area contributed by atoms with Gasteiger partial charge in [0.05, 0.1) is 7.11 Å². The normalized spacial score (nSPS) is 21.9. The molecule has 2 aromatic rings. The van der Waals surface area contributed by atoms with Crippen LogP contribution in [0.15, 0.2) is 48.5 Å². The van der Waals surface area contributed by atoms with E-state index in [-0.39, 0.29) is 6.04 Å². The summed E-state index contributed by atoms with van der Waals surface area (Å²) in [7, 11) is 1.70. The largest absolute Gasteiger partial charge is 0.497 e. The fourth-order valence-electron chi connectivity index (χ4n) is 3.22. The average molecular weight is 267 g/mol. The molecular formula is C18H21NO. The summed E-state index contributed by atoms with van der Waals surface area (Å²) in [5.41, 5.74) is 10.6. The molecule has 20 heavy (non-hydrogen) atoms. The van der Waals surface area contributed by atoms with Crippen LogP contribution in [0.2, 0.25) is 0 Å². The number of hydrogen-bond acceptors (Lipinski definition) is 2. The van der Waals surface area contributed by atoms with E-state index in [1.165, 1.54) is 23.1 Å². The zero-order chi connectivity index (χ0) is 13.9. The van der Waals surface area contributed by atoms with E-state index in [9.17, 15) is 0 Å². The second kappa shape index (κ2) is 5.68. The molecule has 2 heteroatoms. The summed E-state index contributed by atoms with van der Waals surface area (Å²) < 4.78 is 5.23. The molecule has 0 amide bonds. The fourth-order valence-corrected chi connectivity index (χ4v) is 3.22. The van der Waals surface area contributed by atoms with Crippen molar-refractivity contribution >= 4 is 0 Å². The highest BCUT2D eigenvalue weighted by molar-refractivity contribution is 5.37. The van der Waals surface area contributed by atoms with Gasteiger partial charge in [0.15, 0.2) is 0 Å². The van der Waals surface area contributed by atoms with Gasteiger partial charge in [-0.3, -0.25) is 0 Å². The summed E-state index contributed by atoms with van der Waals surface area (Å²) in [6, 6.07) is 17.0. The standard InChI is InChI=1S/C18H21NO/c1-20-15-11-9-14(10-12-15)17-8-4-6-13-5-2-3-7-16(13)18(17)19/h2-3,5,7,9-12,17-18H,4,6,8,19H2,1H3/t17-,18+/m1/s1. The van der Waals surface area contributed by atoms with Crippen LogP contribution in [-0.2, 0) is 6.42 Å². The lowest BCUT2D eigenvalue weighted by Crippen LogP contribution is -2.19. The Hall–Kier alpha value is -1.80. The highest BCUT2D eigenvalue weighted by Gasteiger charge is 2.25. The molecule has 2 nitrogen and oxygen atoms in total. The van der Waals surface area contributed by atoms with Gasteiger partial charge in [-0.2, -0.15) is 0 Å². The van der Waals surface area contributed by atoms with Crippen molar-refractivity contribution in [1.29, 1.82) is 0 Å². The van der Waals surface area contributed by atoms with Gasteiger partial charge in [0.1, 0.15) is 5.75 Å². The number of fused-ring (bicyclic) bond motifs is 1. The van der Waals surface area contributed by atoms with Crippen LogP contribution in [-0.4, -0.2) is 7.11 Å². The summed E-state index contributed by atoms with van der Waals surface area (Å²) in [5, 5.41) is 0. The summed E-state index contributed by atoms with van der Waals surface area (Å²) >= 11 is 0. The van der Waals surface area contributed by atoms with E-state index in [0.29, 0.717) is 5.92 Å². The van der Waals surface area contributed by atoms with Crippen molar-refractivity contribution in [3.63, 3.8) is 0 Å². The van der Waals surface area contributed by atoms with E-state index in [4.69, 9.17) is 10.5 Å². The van der Waals surface area contributed by atoms with Crippen molar-refractivity contribution in [3.05, 3.63) is 65.2 Å². The second-order valence-electron chi connectivity index (χ2n) is 5.50. The van der Waals surface area contributed by atoms with Gasteiger partial charge in [0, 0.05) is 12.0 Å².